The summed E-state index contributed by atoms with van der Waals surface area (Å²) in [6, 6.07) is 0. The standard InChI is InChI=1S/C9H16O2/c1-7(10)9(2,3)8-5-4-6-11-8/h8H,4-6H2,1-3H3. The highest BCUT2D eigenvalue weighted by Crippen LogP contribution is 2.31. The summed E-state index contributed by atoms with van der Waals surface area (Å²) in [6.45, 7) is 6.39. The van der Waals surface area contributed by atoms with Gasteiger partial charge in [-0.3, -0.25) is 4.79 Å². The first-order valence-corrected chi connectivity index (χ1v) is 4.18. The molecule has 2 heteroatoms. The Morgan fingerprint density at radius 2 is 2.18 bits per heavy atom. The highest BCUT2D eigenvalue weighted by atomic mass is 16.5. The van der Waals surface area contributed by atoms with Crippen molar-refractivity contribution < 1.29 is 9.53 Å². The van der Waals surface area contributed by atoms with Gasteiger partial charge in [-0.25, -0.2) is 0 Å². The number of ketones is 1. The largest absolute Gasteiger partial charge is 0.377 e. The molecule has 0 bridgehead atoms. The Kier molecular flexibility index (Phi) is 2.33. The number of carbonyl (C=O) groups excluding carboxylic acids is 1. The van der Waals surface area contributed by atoms with Crippen LogP contribution in [0.2, 0.25) is 0 Å². The van der Waals surface area contributed by atoms with Crippen molar-refractivity contribution in [3.8, 4) is 0 Å². The van der Waals surface area contributed by atoms with E-state index in [1.165, 1.54) is 0 Å². The molecular formula is C9H16O2. The molecule has 1 atom stereocenters. The normalized spacial score (nSPS) is 25.5. The van der Waals surface area contributed by atoms with Crippen molar-refractivity contribution in [1.29, 1.82) is 0 Å². The highest BCUT2D eigenvalue weighted by molar-refractivity contribution is 5.82. The quantitative estimate of drug-likeness (QED) is 0.609. The molecule has 1 fully saturated rings. The molecule has 64 valence electrons. The second-order valence-electron chi connectivity index (χ2n) is 3.78. The lowest BCUT2D eigenvalue weighted by molar-refractivity contribution is -0.131. The number of rotatable bonds is 2. The van der Waals surface area contributed by atoms with Crippen molar-refractivity contribution in [1.82, 2.24) is 0 Å². The molecule has 2 nitrogen and oxygen atoms in total. The number of hydrogen-bond acceptors (Lipinski definition) is 2. The van der Waals surface area contributed by atoms with Gasteiger partial charge in [0.25, 0.3) is 0 Å². The van der Waals surface area contributed by atoms with Gasteiger partial charge in [0.1, 0.15) is 5.78 Å². The van der Waals surface area contributed by atoms with Crippen molar-refractivity contribution >= 4 is 5.78 Å². The summed E-state index contributed by atoms with van der Waals surface area (Å²) < 4.78 is 5.46. The lowest BCUT2D eigenvalue weighted by atomic mass is 9.81. The maximum atomic E-state index is 11.2. The predicted octanol–water partition coefficient (Wildman–Crippen LogP) is 1.78. The molecule has 0 aromatic rings. The zero-order valence-corrected chi connectivity index (χ0v) is 7.52. The fraction of sp³-hybridized carbons (Fsp3) is 0.889. The summed E-state index contributed by atoms with van der Waals surface area (Å²) in [6.07, 6.45) is 2.29. The Morgan fingerprint density at radius 3 is 2.55 bits per heavy atom. The van der Waals surface area contributed by atoms with Crippen LogP contribution in [0.4, 0.5) is 0 Å². The average molecular weight is 156 g/mol. The lowest BCUT2D eigenvalue weighted by Crippen LogP contribution is -2.35. The van der Waals surface area contributed by atoms with E-state index >= 15 is 0 Å². The minimum Gasteiger partial charge on any atom is -0.377 e. The Bertz CT molecular complexity index is 155. The van der Waals surface area contributed by atoms with Gasteiger partial charge in [0.15, 0.2) is 0 Å². The van der Waals surface area contributed by atoms with Gasteiger partial charge in [-0.2, -0.15) is 0 Å². The minimum atomic E-state index is -0.281. The maximum absolute atomic E-state index is 11.2. The average Bonchev–Trinajstić information content (AvgIpc) is 2.37. The fourth-order valence-corrected chi connectivity index (χ4v) is 1.37. The Hall–Kier alpha value is -0.370. The van der Waals surface area contributed by atoms with Crippen LogP contribution in [0.3, 0.4) is 0 Å². The molecule has 0 radical (unpaired) electrons. The van der Waals surface area contributed by atoms with Crippen LogP contribution in [-0.4, -0.2) is 18.5 Å². The monoisotopic (exact) mass is 156 g/mol. The van der Waals surface area contributed by atoms with E-state index in [1.807, 2.05) is 13.8 Å². The molecule has 0 spiro atoms. The highest BCUT2D eigenvalue weighted by Gasteiger charge is 2.36. The zero-order chi connectivity index (χ0) is 8.48. The van der Waals surface area contributed by atoms with Gasteiger partial charge in [-0.15, -0.1) is 0 Å². The fourth-order valence-electron chi connectivity index (χ4n) is 1.37. The van der Waals surface area contributed by atoms with E-state index in [0.29, 0.717) is 0 Å². The zero-order valence-electron chi connectivity index (χ0n) is 7.52. The molecular weight excluding hydrogens is 140 g/mol. The van der Waals surface area contributed by atoms with Gasteiger partial charge in [-0.1, -0.05) is 13.8 Å². The lowest BCUT2D eigenvalue weighted by Gasteiger charge is -2.27. The molecule has 0 N–H and O–H groups in total. The van der Waals surface area contributed by atoms with Crippen LogP contribution in [0, 0.1) is 5.41 Å². The molecule has 0 aliphatic carbocycles. The molecule has 0 aromatic carbocycles. The second-order valence-corrected chi connectivity index (χ2v) is 3.78. The van der Waals surface area contributed by atoms with E-state index in [0.717, 1.165) is 19.4 Å². The molecule has 1 aliphatic heterocycles. The van der Waals surface area contributed by atoms with Crippen LogP contribution in [0.5, 0.6) is 0 Å². The molecule has 1 rings (SSSR count). The summed E-state index contributed by atoms with van der Waals surface area (Å²) in [7, 11) is 0. The van der Waals surface area contributed by atoms with Crippen LogP contribution in [0.15, 0.2) is 0 Å². The summed E-state index contributed by atoms with van der Waals surface area (Å²) in [5, 5.41) is 0. The smallest absolute Gasteiger partial charge is 0.138 e. The first-order chi connectivity index (χ1) is 5.05. The van der Waals surface area contributed by atoms with E-state index in [2.05, 4.69) is 0 Å². The first kappa shape index (κ1) is 8.72. The van der Waals surface area contributed by atoms with Crippen molar-refractivity contribution in [2.45, 2.75) is 39.7 Å². The van der Waals surface area contributed by atoms with Crippen molar-refractivity contribution in [3.05, 3.63) is 0 Å². The molecule has 0 saturated carbocycles. The minimum absolute atomic E-state index is 0.153. The van der Waals surface area contributed by atoms with E-state index in [9.17, 15) is 4.79 Å². The SMILES string of the molecule is CC(=O)C(C)(C)C1CCCO1. The Balaban J connectivity index is 2.62. The molecule has 11 heavy (non-hydrogen) atoms. The van der Waals surface area contributed by atoms with Gasteiger partial charge in [-0.05, 0) is 19.8 Å². The predicted molar refractivity (Wildman–Crippen MR) is 43.4 cm³/mol. The number of carbonyl (C=O) groups is 1. The van der Waals surface area contributed by atoms with Gasteiger partial charge in [0.05, 0.1) is 6.10 Å². The molecule has 0 aromatic heterocycles. The molecule has 1 aliphatic rings. The maximum Gasteiger partial charge on any atom is 0.138 e. The molecule has 1 heterocycles. The Morgan fingerprint density at radius 1 is 1.55 bits per heavy atom. The number of ether oxygens (including phenoxy) is 1. The summed E-state index contributed by atoms with van der Waals surface area (Å²) in [5.74, 6) is 0.226. The van der Waals surface area contributed by atoms with Gasteiger partial charge in [0.2, 0.25) is 0 Å². The summed E-state index contributed by atoms with van der Waals surface area (Å²) in [4.78, 5) is 11.2. The second kappa shape index (κ2) is 2.94. The van der Waals surface area contributed by atoms with Crippen molar-refractivity contribution in [2.24, 2.45) is 5.41 Å². The molecule has 1 unspecified atom stereocenters. The van der Waals surface area contributed by atoms with Crippen molar-refractivity contribution in [3.63, 3.8) is 0 Å². The number of hydrogen-bond donors (Lipinski definition) is 0. The van der Waals surface area contributed by atoms with Gasteiger partial charge in [0, 0.05) is 12.0 Å². The van der Waals surface area contributed by atoms with E-state index < -0.39 is 0 Å². The van der Waals surface area contributed by atoms with Crippen LogP contribution >= 0.6 is 0 Å². The Labute approximate surface area is 67.9 Å². The molecule has 1 saturated heterocycles. The van der Waals surface area contributed by atoms with E-state index in [-0.39, 0.29) is 17.3 Å². The third kappa shape index (κ3) is 1.62. The van der Waals surface area contributed by atoms with Crippen LogP contribution in [0.25, 0.3) is 0 Å². The molecule has 0 amide bonds. The topological polar surface area (TPSA) is 26.3 Å². The third-order valence-electron chi connectivity index (χ3n) is 2.64. The number of Topliss-reactive ketones (excluding diaryl/α,β-unsaturated/α-hetero) is 1. The third-order valence-corrected chi connectivity index (χ3v) is 2.64. The first-order valence-electron chi connectivity index (χ1n) is 4.18. The van der Waals surface area contributed by atoms with E-state index in [1.54, 1.807) is 6.92 Å². The van der Waals surface area contributed by atoms with Crippen LogP contribution < -0.4 is 0 Å². The summed E-state index contributed by atoms with van der Waals surface area (Å²) in [5.41, 5.74) is -0.281. The summed E-state index contributed by atoms with van der Waals surface area (Å²) >= 11 is 0. The van der Waals surface area contributed by atoms with Crippen LogP contribution in [0.1, 0.15) is 33.6 Å². The van der Waals surface area contributed by atoms with Gasteiger partial charge < -0.3 is 4.74 Å². The van der Waals surface area contributed by atoms with Crippen molar-refractivity contribution in [2.75, 3.05) is 6.61 Å². The van der Waals surface area contributed by atoms with E-state index in [4.69, 9.17) is 4.74 Å². The van der Waals surface area contributed by atoms with Crippen LogP contribution in [-0.2, 0) is 9.53 Å². The van der Waals surface area contributed by atoms with Gasteiger partial charge >= 0.3 is 0 Å².